The lowest BCUT2D eigenvalue weighted by Crippen LogP contribution is -2.39. The van der Waals surface area contributed by atoms with Gasteiger partial charge in [0.1, 0.15) is 0 Å². The number of nitrogens with zero attached hydrogens (tertiary/aromatic N) is 1. The molecule has 3 atom stereocenters. The molecule has 18 heavy (non-hydrogen) atoms. The second-order valence-corrected chi connectivity index (χ2v) is 6.31. The summed E-state index contributed by atoms with van der Waals surface area (Å²) in [7, 11) is 2.24. The number of hydrogen-bond donors (Lipinski definition) is 1. The van der Waals surface area contributed by atoms with Crippen LogP contribution in [0.1, 0.15) is 37.8 Å². The summed E-state index contributed by atoms with van der Waals surface area (Å²) in [5.41, 5.74) is 7.26. The van der Waals surface area contributed by atoms with E-state index in [4.69, 9.17) is 5.73 Å². The van der Waals surface area contributed by atoms with Crippen LogP contribution in [0.5, 0.6) is 0 Å². The maximum Gasteiger partial charge on any atom is 0.0320 e. The van der Waals surface area contributed by atoms with Crippen molar-refractivity contribution in [2.75, 3.05) is 13.6 Å². The molecule has 0 amide bonds. The summed E-state index contributed by atoms with van der Waals surface area (Å²) < 4.78 is 1.15. The Morgan fingerprint density at radius 3 is 2.89 bits per heavy atom. The van der Waals surface area contributed by atoms with E-state index in [-0.39, 0.29) is 0 Å². The Hall–Kier alpha value is -0.380. The minimum absolute atomic E-state index is 0.444. The fourth-order valence-electron chi connectivity index (χ4n) is 3.12. The molecule has 2 N–H and O–H groups in total. The molecule has 0 spiro atoms. The number of benzene rings is 1. The smallest absolute Gasteiger partial charge is 0.0320 e. The van der Waals surface area contributed by atoms with Gasteiger partial charge in [-0.25, -0.2) is 0 Å². The van der Waals surface area contributed by atoms with Crippen molar-refractivity contribution < 1.29 is 0 Å². The first kappa shape index (κ1) is 14.0. The number of nitrogens with two attached hydrogens (primary N) is 1. The van der Waals surface area contributed by atoms with Gasteiger partial charge in [-0.05, 0) is 57.0 Å². The summed E-state index contributed by atoms with van der Waals surface area (Å²) in [4.78, 5) is 2.51. The molecule has 1 aromatic carbocycles. The minimum Gasteiger partial charge on any atom is -0.330 e. The molecule has 100 valence electrons. The van der Waals surface area contributed by atoms with E-state index in [1.54, 1.807) is 0 Å². The molecule has 1 saturated carbocycles. The van der Waals surface area contributed by atoms with Crippen molar-refractivity contribution in [3.05, 3.63) is 34.3 Å². The second-order valence-electron chi connectivity index (χ2n) is 5.39. The van der Waals surface area contributed by atoms with Crippen LogP contribution in [0.15, 0.2) is 28.7 Å². The van der Waals surface area contributed by atoms with Crippen molar-refractivity contribution in [3.8, 4) is 0 Å². The van der Waals surface area contributed by atoms with Crippen LogP contribution in [0.25, 0.3) is 0 Å². The van der Waals surface area contributed by atoms with E-state index in [9.17, 15) is 0 Å². The van der Waals surface area contributed by atoms with Gasteiger partial charge in [0.25, 0.3) is 0 Å². The average molecular weight is 311 g/mol. The Morgan fingerprint density at radius 2 is 2.22 bits per heavy atom. The van der Waals surface area contributed by atoms with Crippen LogP contribution in [-0.4, -0.2) is 24.5 Å². The molecule has 1 fully saturated rings. The van der Waals surface area contributed by atoms with Gasteiger partial charge in [0.15, 0.2) is 0 Å². The summed E-state index contributed by atoms with van der Waals surface area (Å²) in [6.45, 7) is 3.11. The molecule has 0 aromatic heterocycles. The minimum atomic E-state index is 0.444. The van der Waals surface area contributed by atoms with E-state index in [0.717, 1.165) is 11.0 Å². The molecule has 2 nitrogen and oxygen atoms in total. The van der Waals surface area contributed by atoms with E-state index in [0.29, 0.717) is 18.0 Å². The Kier molecular flexibility index (Phi) is 4.82. The molecule has 3 heteroatoms. The average Bonchev–Trinajstić information content (AvgIpc) is 2.85. The van der Waals surface area contributed by atoms with Gasteiger partial charge in [-0.15, -0.1) is 0 Å². The lowest BCUT2D eigenvalue weighted by molar-refractivity contribution is 0.152. The van der Waals surface area contributed by atoms with Gasteiger partial charge in [-0.3, -0.25) is 4.90 Å². The SMILES string of the molecule is CC(c1cccc(Br)c1)N(C)C1CCCC1CN. The first-order chi connectivity index (χ1) is 8.63. The summed E-state index contributed by atoms with van der Waals surface area (Å²) in [6, 6.07) is 9.70. The van der Waals surface area contributed by atoms with Crippen molar-refractivity contribution in [1.82, 2.24) is 4.90 Å². The van der Waals surface area contributed by atoms with Crippen LogP contribution in [0, 0.1) is 5.92 Å². The first-order valence-electron chi connectivity index (χ1n) is 6.81. The van der Waals surface area contributed by atoms with Gasteiger partial charge in [-0.1, -0.05) is 34.5 Å². The Labute approximate surface area is 119 Å². The van der Waals surface area contributed by atoms with E-state index in [2.05, 4.69) is 59.1 Å². The molecule has 2 rings (SSSR count). The third-order valence-electron chi connectivity index (χ3n) is 4.39. The van der Waals surface area contributed by atoms with Crippen molar-refractivity contribution in [1.29, 1.82) is 0 Å². The Bertz CT molecular complexity index is 394. The van der Waals surface area contributed by atoms with Crippen molar-refractivity contribution in [3.63, 3.8) is 0 Å². The number of halogens is 1. The van der Waals surface area contributed by atoms with Gasteiger partial charge in [-0.2, -0.15) is 0 Å². The highest BCUT2D eigenvalue weighted by Gasteiger charge is 2.31. The van der Waals surface area contributed by atoms with Crippen LogP contribution < -0.4 is 5.73 Å². The predicted octanol–water partition coefficient (Wildman–Crippen LogP) is 3.57. The molecular formula is C15H23BrN2. The Balaban J connectivity index is 2.10. The highest BCUT2D eigenvalue weighted by atomic mass is 79.9. The van der Waals surface area contributed by atoms with Gasteiger partial charge >= 0.3 is 0 Å². The molecule has 1 aromatic rings. The molecule has 0 radical (unpaired) electrons. The summed E-state index contributed by atoms with van der Waals surface area (Å²) in [5.74, 6) is 0.671. The van der Waals surface area contributed by atoms with Crippen LogP contribution >= 0.6 is 15.9 Å². The van der Waals surface area contributed by atoms with Crippen LogP contribution in [0.3, 0.4) is 0 Å². The maximum absolute atomic E-state index is 5.89. The van der Waals surface area contributed by atoms with Crippen molar-refractivity contribution in [2.45, 2.75) is 38.3 Å². The molecule has 3 unspecified atom stereocenters. The summed E-state index contributed by atoms with van der Waals surface area (Å²) in [6.07, 6.45) is 3.90. The van der Waals surface area contributed by atoms with E-state index < -0.39 is 0 Å². The zero-order chi connectivity index (χ0) is 13.1. The van der Waals surface area contributed by atoms with E-state index in [1.807, 2.05) is 0 Å². The standard InChI is InChI=1S/C15H23BrN2/c1-11(12-5-3-7-14(16)9-12)18(2)15-8-4-6-13(15)10-17/h3,5,7,9,11,13,15H,4,6,8,10,17H2,1-2H3. The fraction of sp³-hybridized carbons (Fsp3) is 0.600. The van der Waals surface area contributed by atoms with Gasteiger partial charge in [0.05, 0.1) is 0 Å². The second kappa shape index (κ2) is 6.18. The zero-order valence-electron chi connectivity index (χ0n) is 11.3. The van der Waals surface area contributed by atoms with Gasteiger partial charge < -0.3 is 5.73 Å². The highest BCUT2D eigenvalue weighted by Crippen LogP contribution is 2.33. The van der Waals surface area contributed by atoms with Gasteiger partial charge in [0.2, 0.25) is 0 Å². The maximum atomic E-state index is 5.89. The molecule has 0 bridgehead atoms. The normalized spacial score (nSPS) is 25.6. The van der Waals surface area contributed by atoms with Gasteiger partial charge in [0, 0.05) is 16.6 Å². The molecule has 1 aliphatic rings. The zero-order valence-corrected chi connectivity index (χ0v) is 12.9. The summed E-state index contributed by atoms with van der Waals surface area (Å²) in [5, 5.41) is 0. The lowest BCUT2D eigenvalue weighted by atomic mass is 9.99. The molecule has 0 saturated heterocycles. The number of rotatable bonds is 4. The third-order valence-corrected chi connectivity index (χ3v) is 4.88. The largest absolute Gasteiger partial charge is 0.330 e. The lowest BCUT2D eigenvalue weighted by Gasteiger charge is -2.34. The van der Waals surface area contributed by atoms with E-state index >= 15 is 0 Å². The fourth-order valence-corrected chi connectivity index (χ4v) is 3.53. The first-order valence-corrected chi connectivity index (χ1v) is 7.60. The Morgan fingerprint density at radius 1 is 1.44 bits per heavy atom. The highest BCUT2D eigenvalue weighted by molar-refractivity contribution is 9.10. The van der Waals surface area contributed by atoms with Crippen molar-refractivity contribution in [2.24, 2.45) is 11.7 Å². The quantitative estimate of drug-likeness (QED) is 0.921. The van der Waals surface area contributed by atoms with Crippen LogP contribution in [0.2, 0.25) is 0 Å². The molecule has 1 aliphatic carbocycles. The topological polar surface area (TPSA) is 29.3 Å². The summed E-state index contributed by atoms with van der Waals surface area (Å²) >= 11 is 3.55. The van der Waals surface area contributed by atoms with E-state index in [1.165, 1.54) is 24.8 Å². The van der Waals surface area contributed by atoms with Crippen LogP contribution in [-0.2, 0) is 0 Å². The molecular weight excluding hydrogens is 288 g/mol. The third kappa shape index (κ3) is 2.95. The van der Waals surface area contributed by atoms with Crippen LogP contribution in [0.4, 0.5) is 0 Å². The van der Waals surface area contributed by atoms with Crippen molar-refractivity contribution >= 4 is 15.9 Å². The molecule has 0 heterocycles. The number of hydrogen-bond acceptors (Lipinski definition) is 2. The predicted molar refractivity (Wildman–Crippen MR) is 80.5 cm³/mol. The monoisotopic (exact) mass is 310 g/mol. The molecule has 0 aliphatic heterocycles.